The predicted molar refractivity (Wildman–Crippen MR) is 118 cm³/mol. The molecule has 0 unspecified atom stereocenters. The van der Waals surface area contributed by atoms with Crippen LogP contribution in [0.25, 0.3) is 10.1 Å². The maximum atomic E-state index is 12.8. The van der Waals surface area contributed by atoms with Crippen LogP contribution in [0.2, 0.25) is 0 Å². The van der Waals surface area contributed by atoms with Gasteiger partial charge < -0.3 is 5.32 Å². The number of hydrogen-bond donors (Lipinski definition) is 1. The molecular formula is C23H17N3O3S2. The zero-order valence-corrected chi connectivity index (χ0v) is 17.9. The fourth-order valence-corrected chi connectivity index (χ4v) is 5.27. The molecule has 2 aromatic heterocycles. The molecule has 0 saturated carbocycles. The molecule has 0 fully saturated rings. The van der Waals surface area contributed by atoms with Crippen LogP contribution in [0.4, 0.5) is 0 Å². The van der Waals surface area contributed by atoms with Crippen LogP contribution in [-0.2, 0) is 22.8 Å². The third kappa shape index (κ3) is 4.48. The highest BCUT2D eigenvalue weighted by molar-refractivity contribution is 7.91. The number of nitriles is 1. The highest BCUT2D eigenvalue weighted by atomic mass is 32.2. The monoisotopic (exact) mass is 447 g/mol. The lowest BCUT2D eigenvalue weighted by atomic mass is 10.2. The quantitative estimate of drug-likeness (QED) is 0.479. The fourth-order valence-electron chi connectivity index (χ4n) is 3.07. The number of carbonyl (C=O) groups is 1. The number of hydrogen-bond acceptors (Lipinski definition) is 6. The molecule has 4 aromatic rings. The van der Waals surface area contributed by atoms with Crippen LogP contribution >= 0.6 is 11.3 Å². The van der Waals surface area contributed by atoms with Crippen LogP contribution in [0.15, 0.2) is 82.8 Å². The van der Waals surface area contributed by atoms with Gasteiger partial charge in [0.05, 0.1) is 31.9 Å². The number of pyridine rings is 1. The molecule has 2 aromatic carbocycles. The summed E-state index contributed by atoms with van der Waals surface area (Å²) >= 11 is 1.38. The molecule has 1 N–H and O–H groups in total. The van der Waals surface area contributed by atoms with E-state index in [4.69, 9.17) is 5.26 Å². The Morgan fingerprint density at radius 3 is 2.26 bits per heavy atom. The third-order valence-corrected chi connectivity index (χ3v) is 7.62. The lowest BCUT2D eigenvalue weighted by Crippen LogP contribution is -2.21. The molecule has 0 radical (unpaired) electrons. The van der Waals surface area contributed by atoms with E-state index in [1.807, 2.05) is 18.2 Å². The van der Waals surface area contributed by atoms with Crippen molar-refractivity contribution in [3.05, 3.63) is 89.1 Å². The number of thiophene rings is 1. The molecule has 6 nitrogen and oxygen atoms in total. The molecule has 0 atom stereocenters. The summed E-state index contributed by atoms with van der Waals surface area (Å²) in [5.41, 5.74) is 1.56. The number of fused-ring (bicyclic) bond motifs is 1. The molecule has 8 heteroatoms. The second-order valence-corrected chi connectivity index (χ2v) is 9.87. The van der Waals surface area contributed by atoms with Crippen LogP contribution in [0, 0.1) is 11.3 Å². The minimum absolute atomic E-state index is 0.174. The molecular weight excluding hydrogens is 430 g/mol. The van der Waals surface area contributed by atoms with Crippen molar-refractivity contribution in [2.45, 2.75) is 22.8 Å². The van der Waals surface area contributed by atoms with Gasteiger partial charge in [-0.1, -0.05) is 24.3 Å². The number of nitrogens with zero attached hydrogens (tertiary/aromatic N) is 2. The van der Waals surface area contributed by atoms with Crippen molar-refractivity contribution in [2.24, 2.45) is 0 Å². The number of rotatable bonds is 6. The Morgan fingerprint density at radius 2 is 1.65 bits per heavy atom. The summed E-state index contributed by atoms with van der Waals surface area (Å²) < 4.78 is 26.6. The number of sulfone groups is 1. The van der Waals surface area contributed by atoms with E-state index < -0.39 is 9.84 Å². The molecule has 0 spiro atoms. The first-order valence-corrected chi connectivity index (χ1v) is 11.7. The van der Waals surface area contributed by atoms with E-state index >= 15 is 0 Å². The molecule has 1 amide bonds. The van der Waals surface area contributed by atoms with Crippen molar-refractivity contribution in [3.8, 4) is 6.07 Å². The van der Waals surface area contributed by atoms with Crippen LogP contribution in [0.5, 0.6) is 0 Å². The summed E-state index contributed by atoms with van der Waals surface area (Å²) in [6.45, 7) is 0.286. The Balaban J connectivity index is 1.43. The van der Waals surface area contributed by atoms with Gasteiger partial charge in [0.25, 0.3) is 5.91 Å². The zero-order chi connectivity index (χ0) is 21.8. The summed E-state index contributed by atoms with van der Waals surface area (Å²) in [6, 6.07) is 18.5. The van der Waals surface area contributed by atoms with E-state index in [0.29, 0.717) is 4.88 Å². The maximum absolute atomic E-state index is 12.8. The molecule has 0 saturated heterocycles. The Kier molecular flexibility index (Phi) is 5.80. The van der Waals surface area contributed by atoms with Gasteiger partial charge >= 0.3 is 0 Å². The van der Waals surface area contributed by atoms with Crippen molar-refractivity contribution >= 4 is 37.2 Å². The SMILES string of the molecule is N#CCc1ccc(S(=O)(=O)c2ccc(CNC(=O)c3cc4ccncc4s3)cc2)cc1. The van der Waals surface area contributed by atoms with E-state index in [1.54, 1.807) is 36.7 Å². The number of carbonyl (C=O) groups excluding carboxylic acids is 1. The van der Waals surface area contributed by atoms with E-state index in [9.17, 15) is 13.2 Å². The number of benzene rings is 2. The maximum Gasteiger partial charge on any atom is 0.261 e. The molecule has 31 heavy (non-hydrogen) atoms. The summed E-state index contributed by atoms with van der Waals surface area (Å²) in [5, 5.41) is 12.6. The highest BCUT2D eigenvalue weighted by Crippen LogP contribution is 2.25. The minimum Gasteiger partial charge on any atom is -0.347 e. The summed E-state index contributed by atoms with van der Waals surface area (Å²) in [6.07, 6.45) is 3.65. The summed E-state index contributed by atoms with van der Waals surface area (Å²) in [4.78, 5) is 17.4. The fraction of sp³-hybridized carbons (Fsp3) is 0.0870. The number of amides is 1. The van der Waals surface area contributed by atoms with Gasteiger partial charge in [-0.05, 0) is 52.9 Å². The van der Waals surface area contributed by atoms with E-state index in [1.165, 1.54) is 35.6 Å². The van der Waals surface area contributed by atoms with E-state index in [2.05, 4.69) is 10.3 Å². The molecule has 0 aliphatic heterocycles. The first kappa shape index (κ1) is 20.7. The number of aromatic nitrogens is 1. The van der Waals surface area contributed by atoms with Crippen molar-refractivity contribution in [2.75, 3.05) is 0 Å². The predicted octanol–water partition coefficient (Wildman–Crippen LogP) is 4.13. The molecule has 4 rings (SSSR count). The first-order valence-electron chi connectivity index (χ1n) is 9.39. The second-order valence-electron chi connectivity index (χ2n) is 6.83. The molecule has 0 bridgehead atoms. The lowest BCUT2D eigenvalue weighted by molar-refractivity contribution is 0.0955. The highest BCUT2D eigenvalue weighted by Gasteiger charge is 2.17. The van der Waals surface area contributed by atoms with E-state index in [0.717, 1.165) is 21.2 Å². The zero-order valence-electron chi connectivity index (χ0n) is 16.3. The summed E-state index contributed by atoms with van der Waals surface area (Å²) in [5.74, 6) is -0.185. The van der Waals surface area contributed by atoms with Crippen LogP contribution in [-0.4, -0.2) is 19.3 Å². The third-order valence-electron chi connectivity index (χ3n) is 4.75. The average Bonchev–Trinajstić information content (AvgIpc) is 3.23. The Bertz CT molecular complexity index is 1350. The second kappa shape index (κ2) is 8.68. The minimum atomic E-state index is -3.65. The van der Waals surface area contributed by atoms with Gasteiger partial charge in [0.2, 0.25) is 9.84 Å². The average molecular weight is 448 g/mol. The lowest BCUT2D eigenvalue weighted by Gasteiger charge is -2.08. The van der Waals surface area contributed by atoms with Crippen LogP contribution < -0.4 is 5.32 Å². The van der Waals surface area contributed by atoms with Gasteiger partial charge in [-0.25, -0.2) is 8.42 Å². The normalized spacial score (nSPS) is 11.2. The van der Waals surface area contributed by atoms with Gasteiger partial charge in [-0.3, -0.25) is 9.78 Å². The standard InChI is InChI=1S/C23H17N3O3S2/c24-11-9-16-1-5-19(6-2-16)31(28,29)20-7-3-17(4-8-20)14-26-23(27)21-13-18-10-12-25-15-22(18)30-21/h1-8,10,12-13,15H,9,14H2,(H,26,27). The molecule has 0 aliphatic carbocycles. The first-order chi connectivity index (χ1) is 15.0. The number of nitrogens with one attached hydrogen (secondary N) is 1. The van der Waals surface area contributed by atoms with Crippen LogP contribution in [0.1, 0.15) is 20.8 Å². The van der Waals surface area contributed by atoms with Gasteiger partial charge in [0.15, 0.2) is 0 Å². The smallest absolute Gasteiger partial charge is 0.261 e. The Labute approximate surface area is 183 Å². The van der Waals surface area contributed by atoms with Gasteiger partial charge in [0.1, 0.15) is 0 Å². The van der Waals surface area contributed by atoms with E-state index in [-0.39, 0.29) is 28.7 Å². The van der Waals surface area contributed by atoms with Gasteiger partial charge in [-0.15, -0.1) is 11.3 Å². The Morgan fingerprint density at radius 1 is 1.00 bits per heavy atom. The van der Waals surface area contributed by atoms with Crippen molar-refractivity contribution in [3.63, 3.8) is 0 Å². The van der Waals surface area contributed by atoms with Crippen molar-refractivity contribution in [1.82, 2.24) is 10.3 Å². The van der Waals surface area contributed by atoms with Crippen LogP contribution in [0.3, 0.4) is 0 Å². The molecule has 154 valence electrons. The largest absolute Gasteiger partial charge is 0.347 e. The van der Waals surface area contributed by atoms with Crippen molar-refractivity contribution < 1.29 is 13.2 Å². The van der Waals surface area contributed by atoms with Gasteiger partial charge in [-0.2, -0.15) is 5.26 Å². The van der Waals surface area contributed by atoms with Gasteiger partial charge in [0, 0.05) is 18.9 Å². The van der Waals surface area contributed by atoms with Crippen molar-refractivity contribution in [1.29, 1.82) is 5.26 Å². The molecule has 2 heterocycles. The summed E-state index contributed by atoms with van der Waals surface area (Å²) in [7, 11) is -3.65. The molecule has 0 aliphatic rings. The topological polar surface area (TPSA) is 99.9 Å². The Hall–Kier alpha value is -3.54.